The summed E-state index contributed by atoms with van der Waals surface area (Å²) in [7, 11) is 2.14. The lowest BCUT2D eigenvalue weighted by atomic mass is 10.1. The SMILES string of the molecule is CC(C)c1nc(CN(C)[C@H](C)c2ccc(-n3cncn3)cc2)cs1. The highest BCUT2D eigenvalue weighted by molar-refractivity contribution is 7.09. The van der Waals surface area contributed by atoms with E-state index in [-0.39, 0.29) is 0 Å². The molecule has 0 unspecified atom stereocenters. The maximum Gasteiger partial charge on any atom is 0.138 e. The summed E-state index contributed by atoms with van der Waals surface area (Å²) in [5.74, 6) is 0.496. The average molecular weight is 341 g/mol. The van der Waals surface area contributed by atoms with Gasteiger partial charge in [0.15, 0.2) is 0 Å². The molecule has 1 aromatic carbocycles. The van der Waals surface area contributed by atoms with Gasteiger partial charge in [-0.3, -0.25) is 4.90 Å². The number of nitrogens with zero attached hydrogens (tertiary/aromatic N) is 5. The zero-order valence-electron chi connectivity index (χ0n) is 14.5. The van der Waals surface area contributed by atoms with E-state index in [2.05, 4.69) is 72.4 Å². The number of rotatable bonds is 6. The quantitative estimate of drug-likeness (QED) is 0.679. The molecule has 0 spiro atoms. The summed E-state index contributed by atoms with van der Waals surface area (Å²) < 4.78 is 1.76. The van der Waals surface area contributed by atoms with Crippen molar-refractivity contribution in [3.63, 3.8) is 0 Å². The smallest absolute Gasteiger partial charge is 0.138 e. The van der Waals surface area contributed by atoms with E-state index in [9.17, 15) is 0 Å². The fourth-order valence-electron chi connectivity index (χ4n) is 2.55. The van der Waals surface area contributed by atoms with Crippen LogP contribution in [0.4, 0.5) is 0 Å². The Morgan fingerprint density at radius 2 is 1.92 bits per heavy atom. The van der Waals surface area contributed by atoms with Gasteiger partial charge in [-0.1, -0.05) is 26.0 Å². The molecule has 0 aliphatic carbocycles. The Hall–Kier alpha value is -2.05. The zero-order valence-corrected chi connectivity index (χ0v) is 15.4. The summed E-state index contributed by atoms with van der Waals surface area (Å²) >= 11 is 1.75. The van der Waals surface area contributed by atoms with Crippen LogP contribution in [0.3, 0.4) is 0 Å². The van der Waals surface area contributed by atoms with Crippen LogP contribution in [0.2, 0.25) is 0 Å². The third-order valence-electron chi connectivity index (χ3n) is 4.19. The molecule has 0 amide bonds. The normalized spacial score (nSPS) is 12.9. The predicted octanol–water partition coefficient (Wildman–Crippen LogP) is 4.04. The molecule has 5 nitrogen and oxygen atoms in total. The summed E-state index contributed by atoms with van der Waals surface area (Å²) in [6.45, 7) is 7.45. The van der Waals surface area contributed by atoms with Crippen molar-refractivity contribution in [2.24, 2.45) is 0 Å². The van der Waals surface area contributed by atoms with Gasteiger partial charge in [-0.05, 0) is 31.7 Å². The molecule has 1 atom stereocenters. The summed E-state index contributed by atoms with van der Waals surface area (Å²) in [5.41, 5.74) is 3.45. The van der Waals surface area contributed by atoms with Crippen molar-refractivity contribution in [2.45, 2.75) is 39.3 Å². The van der Waals surface area contributed by atoms with Crippen LogP contribution in [-0.2, 0) is 6.54 Å². The first-order valence-corrected chi connectivity index (χ1v) is 9.02. The van der Waals surface area contributed by atoms with Gasteiger partial charge in [-0.2, -0.15) is 5.10 Å². The van der Waals surface area contributed by atoms with Crippen molar-refractivity contribution in [2.75, 3.05) is 7.05 Å². The van der Waals surface area contributed by atoms with E-state index in [1.165, 1.54) is 10.6 Å². The van der Waals surface area contributed by atoms with E-state index in [4.69, 9.17) is 4.98 Å². The molecule has 6 heteroatoms. The van der Waals surface area contributed by atoms with E-state index in [1.54, 1.807) is 28.7 Å². The van der Waals surface area contributed by atoms with Gasteiger partial charge in [0.25, 0.3) is 0 Å². The van der Waals surface area contributed by atoms with E-state index in [0.717, 1.165) is 17.9 Å². The van der Waals surface area contributed by atoms with E-state index in [1.807, 2.05) is 0 Å². The molecule has 0 radical (unpaired) electrons. The second-order valence-electron chi connectivity index (χ2n) is 6.35. The van der Waals surface area contributed by atoms with Crippen molar-refractivity contribution in [1.82, 2.24) is 24.6 Å². The Morgan fingerprint density at radius 3 is 2.50 bits per heavy atom. The Labute approximate surface area is 147 Å². The standard InChI is InChI=1S/C18H23N5S/c1-13(2)18-21-16(10-24-18)9-22(4)14(3)15-5-7-17(8-6-15)23-12-19-11-20-23/h5-8,10-14H,9H2,1-4H3/t14-/m1/s1. The van der Waals surface area contributed by atoms with Crippen LogP contribution in [-0.4, -0.2) is 31.7 Å². The van der Waals surface area contributed by atoms with Crippen LogP contribution in [0.1, 0.15) is 49.0 Å². The molecule has 2 heterocycles. The van der Waals surface area contributed by atoms with E-state index < -0.39 is 0 Å². The largest absolute Gasteiger partial charge is 0.294 e. The molecular formula is C18H23N5S. The van der Waals surface area contributed by atoms with Gasteiger partial charge < -0.3 is 0 Å². The van der Waals surface area contributed by atoms with Gasteiger partial charge in [0, 0.05) is 23.9 Å². The Balaban J connectivity index is 1.67. The lowest BCUT2D eigenvalue weighted by molar-refractivity contribution is 0.250. The van der Waals surface area contributed by atoms with Gasteiger partial charge in [0.2, 0.25) is 0 Å². The average Bonchev–Trinajstić information content (AvgIpc) is 3.26. The molecule has 3 aromatic rings. The van der Waals surface area contributed by atoms with Crippen LogP contribution in [0, 0.1) is 0 Å². The minimum atomic E-state index is 0.319. The highest BCUT2D eigenvalue weighted by atomic mass is 32.1. The molecule has 126 valence electrons. The number of thiazole rings is 1. The fraction of sp³-hybridized carbons (Fsp3) is 0.389. The molecule has 0 fully saturated rings. The second kappa shape index (κ2) is 7.23. The van der Waals surface area contributed by atoms with E-state index >= 15 is 0 Å². The Morgan fingerprint density at radius 1 is 1.17 bits per heavy atom. The molecule has 3 rings (SSSR count). The van der Waals surface area contributed by atoms with Crippen LogP contribution >= 0.6 is 11.3 Å². The van der Waals surface area contributed by atoms with Crippen LogP contribution in [0.25, 0.3) is 5.69 Å². The summed E-state index contributed by atoms with van der Waals surface area (Å²) in [6, 6.07) is 8.78. The van der Waals surface area contributed by atoms with Gasteiger partial charge >= 0.3 is 0 Å². The topological polar surface area (TPSA) is 46.8 Å². The summed E-state index contributed by atoms with van der Waals surface area (Å²) in [6.07, 6.45) is 3.25. The lowest BCUT2D eigenvalue weighted by Crippen LogP contribution is -2.22. The van der Waals surface area contributed by atoms with Gasteiger partial charge in [-0.15, -0.1) is 11.3 Å². The van der Waals surface area contributed by atoms with Crippen molar-refractivity contribution in [3.05, 3.63) is 58.6 Å². The maximum absolute atomic E-state index is 4.73. The third-order valence-corrected chi connectivity index (χ3v) is 5.39. The number of hydrogen-bond donors (Lipinski definition) is 0. The van der Waals surface area contributed by atoms with Gasteiger partial charge in [0.1, 0.15) is 12.7 Å². The first-order chi connectivity index (χ1) is 11.5. The number of aromatic nitrogens is 4. The minimum absolute atomic E-state index is 0.319. The second-order valence-corrected chi connectivity index (χ2v) is 7.24. The molecule has 0 aliphatic heterocycles. The molecule has 0 saturated carbocycles. The van der Waals surface area contributed by atoms with Crippen molar-refractivity contribution >= 4 is 11.3 Å². The van der Waals surface area contributed by atoms with Crippen LogP contribution < -0.4 is 0 Å². The highest BCUT2D eigenvalue weighted by Gasteiger charge is 2.14. The van der Waals surface area contributed by atoms with Crippen LogP contribution in [0.5, 0.6) is 0 Å². The molecule has 2 aromatic heterocycles. The maximum atomic E-state index is 4.73. The molecular weight excluding hydrogens is 318 g/mol. The minimum Gasteiger partial charge on any atom is -0.294 e. The lowest BCUT2D eigenvalue weighted by Gasteiger charge is -2.24. The Bertz CT molecular complexity index is 761. The monoisotopic (exact) mass is 341 g/mol. The predicted molar refractivity (Wildman–Crippen MR) is 97.4 cm³/mol. The van der Waals surface area contributed by atoms with Crippen molar-refractivity contribution in [1.29, 1.82) is 0 Å². The first kappa shape index (κ1) is 16.8. The van der Waals surface area contributed by atoms with Crippen LogP contribution in [0.15, 0.2) is 42.3 Å². The molecule has 0 bridgehead atoms. The van der Waals surface area contributed by atoms with Crippen molar-refractivity contribution in [3.8, 4) is 5.69 Å². The van der Waals surface area contributed by atoms with Crippen molar-refractivity contribution < 1.29 is 0 Å². The zero-order chi connectivity index (χ0) is 17.1. The molecule has 0 aliphatic rings. The molecule has 24 heavy (non-hydrogen) atoms. The number of hydrogen-bond acceptors (Lipinski definition) is 5. The highest BCUT2D eigenvalue weighted by Crippen LogP contribution is 2.24. The molecule has 0 saturated heterocycles. The Kier molecular flexibility index (Phi) is 5.06. The fourth-order valence-corrected chi connectivity index (χ4v) is 3.38. The summed E-state index contributed by atoms with van der Waals surface area (Å²) in [5, 5.41) is 7.54. The number of benzene rings is 1. The summed E-state index contributed by atoms with van der Waals surface area (Å²) in [4.78, 5) is 11.0. The van der Waals surface area contributed by atoms with Gasteiger partial charge in [0.05, 0.1) is 16.4 Å². The third kappa shape index (κ3) is 3.71. The molecule has 0 N–H and O–H groups in total. The van der Waals surface area contributed by atoms with E-state index in [0.29, 0.717) is 12.0 Å². The first-order valence-electron chi connectivity index (χ1n) is 8.14. The van der Waals surface area contributed by atoms with Gasteiger partial charge in [-0.25, -0.2) is 14.6 Å².